The number of rotatable bonds is 5. The van der Waals surface area contributed by atoms with Crippen LogP contribution in [0, 0.1) is 29.2 Å². The average molecular weight is 552 g/mol. The molecule has 0 bridgehead atoms. The number of primary amides is 1. The summed E-state index contributed by atoms with van der Waals surface area (Å²) in [4.78, 5) is 37.7. The largest absolute Gasteiger partial charge is 0.487 e. The summed E-state index contributed by atoms with van der Waals surface area (Å²) in [5.74, 6) is -12.4. The molecule has 2 heterocycles. The van der Waals surface area contributed by atoms with Gasteiger partial charge in [-0.3, -0.25) is 19.7 Å². The number of hydrogen-bond donors (Lipinski definition) is 4. The second-order valence-electron chi connectivity index (χ2n) is 8.70. The standard InChI is InChI=1S/C14H23N3O2S.C8H3F5N2O2/c1-4-7-17-12(18)11(10(2)3)15-14(17)5-8-16(9-6-14)13(19)20;9-3-1(7(14)16)2(8(17)15-13)4(10)6(12)5(3)11/h4,10-11,15H,1,5-9H2,2-3H3,(H,19,20);(H2,14,16)(H,15,17). The van der Waals surface area contributed by atoms with Gasteiger partial charge in [0.2, 0.25) is 5.91 Å². The first kappa shape index (κ1) is 29.9. The van der Waals surface area contributed by atoms with Crippen molar-refractivity contribution in [3.8, 4) is 0 Å². The number of likely N-dealkylation sites (tertiary alicyclic amines) is 1. The van der Waals surface area contributed by atoms with Gasteiger partial charge in [0.05, 0.1) is 22.8 Å². The van der Waals surface area contributed by atoms with Crippen LogP contribution in [0.15, 0.2) is 12.7 Å². The summed E-state index contributed by atoms with van der Waals surface area (Å²) in [6, 6.07) is -0.137. The summed E-state index contributed by atoms with van der Waals surface area (Å²) >= 11 is 4.81. The van der Waals surface area contributed by atoms with Gasteiger partial charge in [-0.05, 0) is 18.1 Å². The van der Waals surface area contributed by atoms with Crippen LogP contribution in [0.5, 0.6) is 0 Å². The van der Waals surface area contributed by atoms with E-state index in [2.05, 4.69) is 31.5 Å². The highest BCUT2D eigenvalue weighted by Gasteiger charge is 2.51. The Morgan fingerprint density at radius 3 is 2.11 bits per heavy atom. The Balaban J connectivity index is 0.000000264. The molecule has 0 aliphatic carbocycles. The Kier molecular flexibility index (Phi) is 9.54. The normalized spacial score (nSPS) is 18.5. The zero-order valence-corrected chi connectivity index (χ0v) is 20.7. The smallest absolute Gasteiger partial charge is 0.282 e. The van der Waals surface area contributed by atoms with Gasteiger partial charge < -0.3 is 20.6 Å². The van der Waals surface area contributed by atoms with Crippen LogP contribution in [0.25, 0.3) is 0 Å². The number of aliphatic hydroxyl groups is 1. The molecule has 5 N–H and O–H groups in total. The molecule has 2 aliphatic rings. The molecule has 2 saturated heterocycles. The van der Waals surface area contributed by atoms with Crippen LogP contribution in [0.3, 0.4) is 0 Å². The van der Waals surface area contributed by atoms with Crippen molar-refractivity contribution in [1.82, 2.24) is 20.7 Å². The second kappa shape index (κ2) is 11.8. The Hall–Kier alpha value is -3.33. The zero-order chi connectivity index (χ0) is 28.2. The van der Waals surface area contributed by atoms with E-state index < -0.39 is 46.2 Å². The Morgan fingerprint density at radius 2 is 1.70 bits per heavy atom. The van der Waals surface area contributed by atoms with Gasteiger partial charge in [0.15, 0.2) is 23.3 Å². The molecule has 3 amide bonds. The fourth-order valence-corrected chi connectivity index (χ4v) is 4.44. The highest BCUT2D eigenvalue weighted by Crippen LogP contribution is 2.34. The van der Waals surface area contributed by atoms with E-state index in [1.807, 2.05) is 4.90 Å². The van der Waals surface area contributed by atoms with E-state index in [4.69, 9.17) is 12.2 Å². The molecule has 9 nitrogen and oxygen atoms in total. The van der Waals surface area contributed by atoms with Crippen molar-refractivity contribution in [3.63, 3.8) is 0 Å². The highest BCUT2D eigenvalue weighted by atomic mass is 32.1. The van der Waals surface area contributed by atoms with Gasteiger partial charge in [0.1, 0.15) is 0 Å². The number of hydrogen-bond acceptors (Lipinski definition) is 5. The minimum Gasteiger partial charge on any atom is -0.487 e. The summed E-state index contributed by atoms with van der Waals surface area (Å²) in [7, 11) is 0. The van der Waals surface area contributed by atoms with E-state index >= 15 is 0 Å². The van der Waals surface area contributed by atoms with Crippen molar-refractivity contribution in [2.75, 3.05) is 19.6 Å². The Morgan fingerprint density at radius 1 is 1.19 bits per heavy atom. The minimum atomic E-state index is -2.36. The summed E-state index contributed by atoms with van der Waals surface area (Å²) in [5, 5.41) is 12.9. The first-order chi connectivity index (χ1) is 17.2. The van der Waals surface area contributed by atoms with Crippen molar-refractivity contribution >= 4 is 35.1 Å². The number of carbonyl (C=O) groups is 3. The molecule has 37 heavy (non-hydrogen) atoms. The van der Waals surface area contributed by atoms with Crippen LogP contribution in [0.4, 0.5) is 22.0 Å². The van der Waals surface area contributed by atoms with Gasteiger partial charge in [-0.2, -0.15) is 5.54 Å². The van der Waals surface area contributed by atoms with E-state index in [1.54, 1.807) is 11.0 Å². The van der Waals surface area contributed by atoms with Crippen LogP contribution in [-0.4, -0.2) is 69.1 Å². The van der Waals surface area contributed by atoms with Crippen molar-refractivity contribution in [1.29, 1.82) is 0 Å². The summed E-state index contributed by atoms with van der Waals surface area (Å²) in [6.45, 7) is 9.74. The molecule has 0 saturated carbocycles. The topological polar surface area (TPSA) is 128 Å². The number of nitrogens with two attached hydrogens (primary N) is 1. The lowest BCUT2D eigenvalue weighted by Gasteiger charge is -2.44. The van der Waals surface area contributed by atoms with Gasteiger partial charge in [0, 0.05) is 32.5 Å². The van der Waals surface area contributed by atoms with Crippen molar-refractivity contribution in [2.24, 2.45) is 11.7 Å². The average Bonchev–Trinajstić information content (AvgIpc) is 3.11. The van der Waals surface area contributed by atoms with Gasteiger partial charge in [0.25, 0.3) is 17.0 Å². The van der Waals surface area contributed by atoms with Crippen LogP contribution >= 0.6 is 12.2 Å². The van der Waals surface area contributed by atoms with E-state index in [0.29, 0.717) is 25.2 Å². The molecule has 1 atom stereocenters. The molecule has 204 valence electrons. The number of nitrogens with zero attached hydrogens (tertiary/aromatic N) is 2. The monoisotopic (exact) mass is 551 g/mol. The van der Waals surface area contributed by atoms with Crippen LogP contribution < -0.4 is 16.6 Å². The number of halogens is 5. The molecule has 2 fully saturated rings. The van der Waals surface area contributed by atoms with Crippen molar-refractivity contribution in [2.45, 2.75) is 38.4 Å². The molecule has 1 aromatic carbocycles. The van der Waals surface area contributed by atoms with E-state index in [9.17, 15) is 41.5 Å². The molecule has 0 radical (unpaired) electrons. The predicted octanol–water partition coefficient (Wildman–Crippen LogP) is 2.22. The van der Waals surface area contributed by atoms with Crippen molar-refractivity contribution in [3.05, 3.63) is 47.1 Å². The maximum absolute atomic E-state index is 13.1. The highest BCUT2D eigenvalue weighted by molar-refractivity contribution is 7.79. The summed E-state index contributed by atoms with van der Waals surface area (Å²) in [6.07, 6.45) is 3.29. The molecule has 1 aromatic rings. The predicted molar refractivity (Wildman–Crippen MR) is 126 cm³/mol. The first-order valence-electron chi connectivity index (χ1n) is 11.0. The maximum Gasteiger partial charge on any atom is 0.282 e. The van der Waals surface area contributed by atoms with E-state index in [0.717, 1.165) is 12.8 Å². The number of piperidine rings is 1. The second-order valence-corrected chi connectivity index (χ2v) is 9.06. The van der Waals surface area contributed by atoms with Gasteiger partial charge in [-0.25, -0.2) is 17.6 Å². The lowest BCUT2D eigenvalue weighted by atomic mass is 9.96. The van der Waals surface area contributed by atoms with Gasteiger partial charge >= 0.3 is 0 Å². The molecule has 0 aromatic heterocycles. The fraction of sp³-hybridized carbons (Fsp3) is 0.455. The molecule has 2 aliphatic heterocycles. The summed E-state index contributed by atoms with van der Waals surface area (Å²) in [5.41, 5.74) is 1.37. The van der Waals surface area contributed by atoms with E-state index in [1.165, 1.54) is 0 Å². The maximum atomic E-state index is 13.1. The molecule has 1 unspecified atom stereocenters. The van der Waals surface area contributed by atoms with E-state index in [-0.39, 0.29) is 28.7 Å². The molecule has 15 heteroatoms. The number of aliphatic hydroxyl groups excluding tert-OH is 1. The SMILES string of the molecule is C=CCN1C(=O)C(C(C)C)NC12CCN(C(O)=S)CC2.NC(=O)c1c(F)c(F)c(F)c(F)c1C(=O)NF. The zero-order valence-electron chi connectivity index (χ0n) is 19.9. The Labute approximate surface area is 214 Å². The summed E-state index contributed by atoms with van der Waals surface area (Å²) < 4.78 is 63.4. The third-order valence-electron chi connectivity index (χ3n) is 6.14. The number of nitrogens with one attached hydrogen (secondary N) is 2. The van der Waals surface area contributed by atoms with Gasteiger partial charge in [-0.15, -0.1) is 6.58 Å². The van der Waals surface area contributed by atoms with Gasteiger partial charge in [-0.1, -0.05) is 24.4 Å². The third-order valence-corrected chi connectivity index (χ3v) is 6.40. The quantitative estimate of drug-likeness (QED) is 0.110. The molecular formula is C22H26F5N5O4S. The lowest BCUT2D eigenvalue weighted by molar-refractivity contribution is -0.133. The molecule has 3 rings (SSSR count). The number of carbonyl (C=O) groups excluding carboxylic acids is 3. The number of benzene rings is 1. The minimum absolute atomic E-state index is 0.0557. The van der Waals surface area contributed by atoms with Crippen LogP contribution in [0.1, 0.15) is 47.4 Å². The third kappa shape index (κ3) is 5.82. The molecule has 1 spiro atoms. The van der Waals surface area contributed by atoms with Crippen LogP contribution in [-0.2, 0) is 4.79 Å². The molecular weight excluding hydrogens is 525 g/mol. The first-order valence-corrected chi connectivity index (χ1v) is 11.4. The Bertz CT molecular complexity index is 1110. The fourth-order valence-electron chi connectivity index (χ4n) is 4.26. The van der Waals surface area contributed by atoms with Crippen molar-refractivity contribution < 1.29 is 41.5 Å². The lowest BCUT2D eigenvalue weighted by Crippen LogP contribution is -2.59. The number of thiocarbonyl (C=S) groups is 1. The van der Waals surface area contributed by atoms with Crippen LogP contribution in [0.2, 0.25) is 0 Å². The number of amides is 3.